The molecular weight excluding hydrogens is 196 g/mol. The molecule has 6 nitrogen and oxygen atoms in total. The van der Waals surface area contributed by atoms with Gasteiger partial charge in [0.25, 0.3) is 0 Å². The fourth-order valence-corrected chi connectivity index (χ4v) is 1.00. The Kier molecular flexibility index (Phi) is 5.92. The number of carbonyl (C=O) groups is 1. The Morgan fingerprint density at radius 2 is 1.93 bits per heavy atom. The highest BCUT2D eigenvalue weighted by Gasteiger charge is 2.08. The summed E-state index contributed by atoms with van der Waals surface area (Å²) in [5, 5.41) is 11.2. The number of nitrogens with zero attached hydrogens (tertiary/aromatic N) is 2. The second-order valence-corrected chi connectivity index (χ2v) is 3.26. The lowest BCUT2D eigenvalue weighted by atomic mass is 10.3. The maximum absolute atomic E-state index is 11.2. The number of oxime groups is 1. The molecule has 0 aromatic heterocycles. The van der Waals surface area contributed by atoms with Gasteiger partial charge in [-0.1, -0.05) is 11.7 Å². The lowest BCUT2D eigenvalue weighted by Gasteiger charge is -2.20. The van der Waals surface area contributed by atoms with E-state index < -0.39 is 0 Å². The number of amidine groups is 1. The Morgan fingerprint density at radius 3 is 2.33 bits per heavy atom. The third kappa shape index (κ3) is 6.36. The van der Waals surface area contributed by atoms with Crippen molar-refractivity contribution in [2.24, 2.45) is 16.6 Å². The van der Waals surface area contributed by atoms with E-state index in [1.165, 1.54) is 6.92 Å². The van der Waals surface area contributed by atoms with Crippen LogP contribution in [0.3, 0.4) is 0 Å². The highest BCUT2D eigenvalue weighted by Crippen LogP contribution is 1.98. The standard InChI is InChI=1S/C9H18N4O2/c1-7(10)3-5-13(8(2)14)6-4-9(11)12-15/h15H,1,3-6,10H2,2H3,(H2,11,12). The Bertz CT molecular complexity index is 263. The molecule has 0 atom stereocenters. The van der Waals surface area contributed by atoms with E-state index in [0.717, 1.165) is 0 Å². The second kappa shape index (κ2) is 6.69. The van der Waals surface area contributed by atoms with Crippen molar-refractivity contribution in [3.8, 4) is 0 Å². The summed E-state index contributed by atoms with van der Waals surface area (Å²) in [7, 11) is 0. The molecule has 0 unspecified atom stereocenters. The van der Waals surface area contributed by atoms with E-state index in [2.05, 4.69) is 11.7 Å². The Balaban J connectivity index is 4.05. The Morgan fingerprint density at radius 1 is 1.40 bits per heavy atom. The fraction of sp³-hybridized carbons (Fsp3) is 0.556. The first-order valence-corrected chi connectivity index (χ1v) is 4.62. The van der Waals surface area contributed by atoms with Gasteiger partial charge in [-0.2, -0.15) is 0 Å². The minimum atomic E-state index is -0.0676. The summed E-state index contributed by atoms with van der Waals surface area (Å²) >= 11 is 0. The zero-order chi connectivity index (χ0) is 11.8. The van der Waals surface area contributed by atoms with Crippen LogP contribution in [0.1, 0.15) is 19.8 Å². The molecule has 0 spiro atoms. The summed E-state index contributed by atoms with van der Waals surface area (Å²) < 4.78 is 0. The van der Waals surface area contributed by atoms with Crippen LogP contribution in [-0.4, -0.2) is 34.9 Å². The van der Waals surface area contributed by atoms with Gasteiger partial charge in [0.1, 0.15) is 5.84 Å². The average Bonchev–Trinajstić information content (AvgIpc) is 2.16. The predicted octanol–water partition coefficient (Wildman–Crippen LogP) is -0.166. The zero-order valence-corrected chi connectivity index (χ0v) is 8.94. The molecular formula is C9H18N4O2. The normalized spacial score (nSPS) is 11.1. The van der Waals surface area contributed by atoms with Gasteiger partial charge in [0.15, 0.2) is 0 Å². The largest absolute Gasteiger partial charge is 0.409 e. The summed E-state index contributed by atoms with van der Waals surface area (Å²) in [6.07, 6.45) is 0.892. The third-order valence-corrected chi connectivity index (χ3v) is 1.91. The first kappa shape index (κ1) is 13.3. The van der Waals surface area contributed by atoms with Gasteiger partial charge in [-0.3, -0.25) is 4.79 Å². The summed E-state index contributed by atoms with van der Waals surface area (Å²) in [5.74, 6) is 0.0369. The number of nitrogens with two attached hydrogens (primary N) is 2. The van der Waals surface area contributed by atoms with E-state index in [1.54, 1.807) is 4.90 Å². The third-order valence-electron chi connectivity index (χ3n) is 1.91. The number of rotatable bonds is 6. The SMILES string of the molecule is C=C(N)CCN(CCC(N)=NO)C(C)=O. The van der Waals surface area contributed by atoms with E-state index in [4.69, 9.17) is 16.7 Å². The first-order chi connectivity index (χ1) is 6.97. The van der Waals surface area contributed by atoms with Gasteiger partial charge in [-0.05, 0) is 0 Å². The van der Waals surface area contributed by atoms with Crippen molar-refractivity contribution >= 4 is 11.7 Å². The predicted molar refractivity (Wildman–Crippen MR) is 58.2 cm³/mol. The van der Waals surface area contributed by atoms with Crippen LogP contribution in [0.15, 0.2) is 17.4 Å². The number of amides is 1. The first-order valence-electron chi connectivity index (χ1n) is 4.62. The van der Waals surface area contributed by atoms with Crippen molar-refractivity contribution < 1.29 is 10.0 Å². The van der Waals surface area contributed by atoms with E-state index in [1.807, 2.05) is 0 Å². The second-order valence-electron chi connectivity index (χ2n) is 3.26. The van der Waals surface area contributed by atoms with Crippen molar-refractivity contribution in [2.75, 3.05) is 13.1 Å². The number of hydrogen-bond acceptors (Lipinski definition) is 4. The summed E-state index contributed by atoms with van der Waals surface area (Å²) in [4.78, 5) is 12.7. The smallest absolute Gasteiger partial charge is 0.219 e. The van der Waals surface area contributed by atoms with Crippen LogP contribution in [0.2, 0.25) is 0 Å². The van der Waals surface area contributed by atoms with E-state index in [0.29, 0.717) is 31.6 Å². The van der Waals surface area contributed by atoms with Crippen LogP contribution in [0, 0.1) is 0 Å². The quantitative estimate of drug-likeness (QED) is 0.247. The summed E-state index contributed by atoms with van der Waals surface area (Å²) in [6.45, 7) is 5.93. The molecule has 0 saturated heterocycles. The Hall–Kier alpha value is -1.72. The van der Waals surface area contributed by atoms with E-state index >= 15 is 0 Å². The van der Waals surface area contributed by atoms with Crippen LogP contribution in [-0.2, 0) is 4.79 Å². The van der Waals surface area contributed by atoms with Crippen molar-refractivity contribution in [1.82, 2.24) is 4.90 Å². The molecule has 0 rings (SSSR count). The molecule has 86 valence electrons. The van der Waals surface area contributed by atoms with Crippen LogP contribution in [0.4, 0.5) is 0 Å². The molecule has 0 aliphatic rings. The summed E-state index contributed by atoms with van der Waals surface area (Å²) in [6, 6.07) is 0. The molecule has 6 heteroatoms. The van der Waals surface area contributed by atoms with Gasteiger partial charge < -0.3 is 21.6 Å². The van der Waals surface area contributed by atoms with Crippen LogP contribution in [0.25, 0.3) is 0 Å². The van der Waals surface area contributed by atoms with Crippen LogP contribution < -0.4 is 11.5 Å². The van der Waals surface area contributed by atoms with E-state index in [9.17, 15) is 4.79 Å². The van der Waals surface area contributed by atoms with Gasteiger partial charge in [0, 0.05) is 38.6 Å². The summed E-state index contributed by atoms with van der Waals surface area (Å²) in [5.41, 5.74) is 11.2. The molecule has 0 heterocycles. The molecule has 0 saturated carbocycles. The molecule has 0 aromatic carbocycles. The maximum Gasteiger partial charge on any atom is 0.219 e. The maximum atomic E-state index is 11.2. The average molecular weight is 214 g/mol. The lowest BCUT2D eigenvalue weighted by molar-refractivity contribution is -0.128. The molecule has 0 radical (unpaired) electrons. The van der Waals surface area contributed by atoms with Crippen molar-refractivity contribution in [2.45, 2.75) is 19.8 Å². The van der Waals surface area contributed by atoms with Gasteiger partial charge in [-0.15, -0.1) is 0 Å². The van der Waals surface area contributed by atoms with Gasteiger partial charge >= 0.3 is 0 Å². The number of carbonyl (C=O) groups excluding carboxylic acids is 1. The van der Waals surface area contributed by atoms with Crippen molar-refractivity contribution in [3.63, 3.8) is 0 Å². The van der Waals surface area contributed by atoms with Crippen LogP contribution >= 0.6 is 0 Å². The van der Waals surface area contributed by atoms with Gasteiger partial charge in [0.2, 0.25) is 5.91 Å². The minimum absolute atomic E-state index is 0.0676. The molecule has 0 aliphatic heterocycles. The molecule has 15 heavy (non-hydrogen) atoms. The lowest BCUT2D eigenvalue weighted by Crippen LogP contribution is -2.33. The number of hydrogen-bond donors (Lipinski definition) is 3. The fourth-order valence-electron chi connectivity index (χ4n) is 1.00. The van der Waals surface area contributed by atoms with E-state index in [-0.39, 0.29) is 11.7 Å². The topological polar surface area (TPSA) is 105 Å². The van der Waals surface area contributed by atoms with Gasteiger partial charge in [-0.25, -0.2) is 0 Å². The monoisotopic (exact) mass is 214 g/mol. The van der Waals surface area contributed by atoms with Gasteiger partial charge in [0.05, 0.1) is 0 Å². The molecule has 1 amide bonds. The van der Waals surface area contributed by atoms with Crippen molar-refractivity contribution in [1.29, 1.82) is 0 Å². The molecule has 0 fully saturated rings. The highest BCUT2D eigenvalue weighted by molar-refractivity contribution is 5.80. The molecule has 5 N–H and O–H groups in total. The zero-order valence-electron chi connectivity index (χ0n) is 8.94. The Labute approximate surface area is 89.2 Å². The highest BCUT2D eigenvalue weighted by atomic mass is 16.4. The van der Waals surface area contributed by atoms with Crippen molar-refractivity contribution in [3.05, 3.63) is 12.3 Å². The molecule has 0 bridgehead atoms. The minimum Gasteiger partial charge on any atom is -0.409 e. The van der Waals surface area contributed by atoms with Crippen LogP contribution in [0.5, 0.6) is 0 Å². The molecule has 0 aliphatic carbocycles. The molecule has 0 aromatic rings.